The molecule has 62 heavy (non-hydrogen) atoms. The Balaban J connectivity index is 1.08. The second-order valence-electron chi connectivity index (χ2n) is 16.0. The van der Waals surface area contributed by atoms with Gasteiger partial charge < -0.3 is 5.32 Å². The Hall–Kier alpha value is -7.34. The molecule has 0 saturated heterocycles. The lowest BCUT2D eigenvalue weighted by Crippen LogP contribution is -2.26. The number of hydrogen-bond acceptors (Lipinski definition) is 5. The van der Waals surface area contributed by atoms with E-state index in [0.717, 1.165) is 40.2 Å². The van der Waals surface area contributed by atoms with Gasteiger partial charge in [-0.15, -0.1) is 0 Å². The molecule has 0 bridgehead atoms. The summed E-state index contributed by atoms with van der Waals surface area (Å²) in [6, 6.07) is 62.6. The molecule has 11 rings (SSSR count). The Morgan fingerprint density at radius 2 is 1.18 bits per heavy atom. The first-order chi connectivity index (χ1) is 30.7. The zero-order valence-electron chi connectivity index (χ0n) is 34.0. The second-order valence-corrected chi connectivity index (χ2v) is 16.9. The number of aromatic nitrogens is 3. The number of dihydropyridines is 1. The smallest absolute Gasteiger partial charge is 0.160 e. The van der Waals surface area contributed by atoms with Crippen molar-refractivity contribution in [3.05, 3.63) is 257 Å². The third-order valence-corrected chi connectivity index (χ3v) is 13.2. The lowest BCUT2D eigenvalue weighted by atomic mass is 9.71. The average molecular weight is 815 g/mol. The quantitative estimate of drug-likeness (QED) is 0.169. The van der Waals surface area contributed by atoms with Gasteiger partial charge in [-0.1, -0.05) is 188 Å². The number of allylic oxidation sites excluding steroid dienone is 5. The third-order valence-electron chi connectivity index (χ3n) is 12.3. The van der Waals surface area contributed by atoms with Crippen molar-refractivity contribution in [1.82, 2.24) is 20.3 Å². The molecule has 4 heterocycles. The molecule has 2 unspecified atom stereocenters. The number of nitrogens with zero attached hydrogens (tertiary/aromatic N) is 3. The first kappa shape index (κ1) is 37.6. The fourth-order valence-corrected chi connectivity index (χ4v) is 10.3. The lowest BCUT2D eigenvalue weighted by molar-refractivity contribution is 0.708. The second kappa shape index (κ2) is 16.3. The van der Waals surface area contributed by atoms with Crippen LogP contribution in [-0.4, -0.2) is 15.0 Å². The third kappa shape index (κ3) is 6.91. The summed E-state index contributed by atoms with van der Waals surface area (Å²) in [6.07, 6.45) is 16.7. The molecule has 1 aliphatic carbocycles. The van der Waals surface area contributed by atoms with Crippen LogP contribution in [0.1, 0.15) is 40.3 Å². The summed E-state index contributed by atoms with van der Waals surface area (Å²) in [4.78, 5) is 15.8. The summed E-state index contributed by atoms with van der Waals surface area (Å²) in [5, 5.41) is 6.15. The van der Waals surface area contributed by atoms with Crippen LogP contribution < -0.4 is 5.32 Å². The standard InChI is InChI=1S/C57H42N4S/c1-4-15-40(16-5-1)51-35-45(36-52(59-51)42-28-32-58-33-29-42)39-21-14-31-57(48-24-12-10-22-46(48)47-23-11-13-25-49(47)57)50-27-26-44(37-55(50)62-34-30-39)54-38-53(41-17-6-2-7-18-41)60-56(61-54)43-19-8-3-9-20-43/h1-20,22-39,52,59H,21H2/b31-14+,34-30+. The van der Waals surface area contributed by atoms with Crippen molar-refractivity contribution in [2.45, 2.75) is 22.8 Å². The number of hydrogen-bond donors (Lipinski definition) is 1. The van der Waals surface area contributed by atoms with Crippen LogP contribution in [0, 0.1) is 5.92 Å². The van der Waals surface area contributed by atoms with Crippen LogP contribution in [0.25, 0.3) is 50.7 Å². The molecule has 296 valence electrons. The van der Waals surface area contributed by atoms with E-state index in [0.29, 0.717) is 5.82 Å². The largest absolute Gasteiger partial charge is 0.374 e. The summed E-state index contributed by atoms with van der Waals surface area (Å²) < 4.78 is 0. The van der Waals surface area contributed by atoms with Crippen LogP contribution in [0.2, 0.25) is 0 Å². The molecule has 5 heteroatoms. The molecule has 4 nitrogen and oxygen atoms in total. The fraction of sp³-hybridized carbons (Fsp3) is 0.0702. The highest BCUT2D eigenvalue weighted by molar-refractivity contribution is 8.02. The molecule has 6 aromatic carbocycles. The molecule has 3 aliphatic rings. The van der Waals surface area contributed by atoms with Gasteiger partial charge in [0.05, 0.1) is 22.8 Å². The number of fused-ring (bicyclic) bond motifs is 7. The number of nitrogens with one attached hydrogen (secondary N) is 1. The van der Waals surface area contributed by atoms with Gasteiger partial charge in [0.15, 0.2) is 5.82 Å². The van der Waals surface area contributed by atoms with Crippen molar-refractivity contribution in [3.63, 3.8) is 0 Å². The molecule has 1 N–H and O–H groups in total. The van der Waals surface area contributed by atoms with E-state index in [1.54, 1.807) is 11.8 Å². The van der Waals surface area contributed by atoms with Gasteiger partial charge in [-0.05, 0) is 86.7 Å². The topological polar surface area (TPSA) is 50.7 Å². The Labute approximate surface area is 367 Å². The molecule has 2 aliphatic heterocycles. The van der Waals surface area contributed by atoms with E-state index in [1.807, 2.05) is 36.7 Å². The molecule has 2 aromatic heterocycles. The van der Waals surface area contributed by atoms with Crippen molar-refractivity contribution >= 4 is 17.5 Å². The first-order valence-corrected chi connectivity index (χ1v) is 22.1. The molecule has 0 fully saturated rings. The summed E-state index contributed by atoms with van der Waals surface area (Å²) in [6.45, 7) is 0. The maximum Gasteiger partial charge on any atom is 0.160 e. The van der Waals surface area contributed by atoms with E-state index in [1.165, 1.54) is 49.4 Å². The fourth-order valence-electron chi connectivity index (χ4n) is 9.35. The Bertz CT molecular complexity index is 2940. The van der Waals surface area contributed by atoms with E-state index in [9.17, 15) is 0 Å². The molecule has 2 atom stereocenters. The molecular formula is C57H42N4S. The Kier molecular flexibility index (Phi) is 9.87. The van der Waals surface area contributed by atoms with Crippen LogP contribution in [0.4, 0.5) is 0 Å². The van der Waals surface area contributed by atoms with E-state index < -0.39 is 5.41 Å². The monoisotopic (exact) mass is 814 g/mol. The molecule has 0 saturated carbocycles. The van der Waals surface area contributed by atoms with E-state index in [-0.39, 0.29) is 12.0 Å². The minimum atomic E-state index is -0.507. The molecular weight excluding hydrogens is 773 g/mol. The van der Waals surface area contributed by atoms with Gasteiger partial charge in [0, 0.05) is 45.6 Å². The highest BCUT2D eigenvalue weighted by Gasteiger charge is 2.44. The lowest BCUT2D eigenvalue weighted by Gasteiger charge is -2.33. The summed E-state index contributed by atoms with van der Waals surface area (Å²) >= 11 is 1.80. The van der Waals surface area contributed by atoms with E-state index in [4.69, 9.17) is 9.97 Å². The molecule has 8 aromatic rings. The van der Waals surface area contributed by atoms with Crippen molar-refractivity contribution < 1.29 is 0 Å². The van der Waals surface area contributed by atoms with Crippen LogP contribution in [0.3, 0.4) is 0 Å². The van der Waals surface area contributed by atoms with Gasteiger partial charge >= 0.3 is 0 Å². The molecule has 0 radical (unpaired) electrons. The summed E-state index contributed by atoms with van der Waals surface area (Å²) in [7, 11) is 0. The predicted octanol–water partition coefficient (Wildman–Crippen LogP) is 13.7. The van der Waals surface area contributed by atoms with Crippen molar-refractivity contribution in [2.24, 2.45) is 5.92 Å². The first-order valence-electron chi connectivity index (χ1n) is 21.2. The van der Waals surface area contributed by atoms with E-state index >= 15 is 0 Å². The Morgan fingerprint density at radius 1 is 0.565 bits per heavy atom. The minimum absolute atomic E-state index is 0.00581. The SMILES string of the molecule is C1=C(c2ccccc2)NC(c2ccncc2)C=C1C1/C=C/Sc2cc(-c3cc(-c4ccccc4)nc(-c4ccccc4)n3)ccc2C2(/C=C/C1)c1ccccc1-c1ccccc12. The zero-order chi connectivity index (χ0) is 41.3. The van der Waals surface area contributed by atoms with Gasteiger partial charge in [0.2, 0.25) is 0 Å². The van der Waals surface area contributed by atoms with Crippen molar-refractivity contribution in [1.29, 1.82) is 0 Å². The van der Waals surface area contributed by atoms with Gasteiger partial charge in [-0.25, -0.2) is 9.97 Å². The minimum Gasteiger partial charge on any atom is -0.374 e. The van der Waals surface area contributed by atoms with Gasteiger partial charge in [0.1, 0.15) is 0 Å². The number of thioether (sulfide) groups is 1. The van der Waals surface area contributed by atoms with Gasteiger partial charge in [0.25, 0.3) is 0 Å². The number of rotatable bonds is 6. The highest BCUT2D eigenvalue weighted by Crippen LogP contribution is 2.56. The summed E-state index contributed by atoms with van der Waals surface area (Å²) in [5.41, 5.74) is 15.5. The van der Waals surface area contributed by atoms with Crippen LogP contribution in [0.15, 0.2) is 235 Å². The normalized spacial score (nSPS) is 18.3. The molecule has 1 spiro atoms. The van der Waals surface area contributed by atoms with Crippen LogP contribution in [-0.2, 0) is 5.41 Å². The summed E-state index contributed by atoms with van der Waals surface area (Å²) in [5.74, 6) is 0.833. The predicted molar refractivity (Wildman–Crippen MR) is 255 cm³/mol. The zero-order valence-corrected chi connectivity index (χ0v) is 34.8. The average Bonchev–Trinajstić information content (AvgIpc) is 3.64. The van der Waals surface area contributed by atoms with Gasteiger partial charge in [-0.3, -0.25) is 4.98 Å². The maximum atomic E-state index is 5.25. The highest BCUT2D eigenvalue weighted by atomic mass is 32.2. The van der Waals surface area contributed by atoms with Gasteiger partial charge in [-0.2, -0.15) is 0 Å². The van der Waals surface area contributed by atoms with E-state index in [2.05, 4.69) is 198 Å². The van der Waals surface area contributed by atoms with Crippen molar-refractivity contribution in [3.8, 4) is 45.0 Å². The maximum absolute atomic E-state index is 5.25. The van der Waals surface area contributed by atoms with Crippen LogP contribution >= 0.6 is 11.8 Å². The van der Waals surface area contributed by atoms with Crippen molar-refractivity contribution in [2.75, 3.05) is 0 Å². The number of benzene rings is 6. The van der Waals surface area contributed by atoms with Crippen LogP contribution in [0.5, 0.6) is 0 Å². The molecule has 0 amide bonds. The Morgan fingerprint density at radius 3 is 1.87 bits per heavy atom. The number of pyridine rings is 1.